The molecule has 0 aliphatic carbocycles. The Morgan fingerprint density at radius 2 is 2.24 bits per heavy atom. The average molecular weight is 291 g/mol. The SMILES string of the molecule is CN1CCC(NC(=O)NCCc2cccc(C(=O)O)c2)C1. The normalized spacial score (nSPS) is 18.4. The van der Waals surface area contributed by atoms with Crippen molar-refractivity contribution >= 4 is 12.0 Å². The number of benzene rings is 1. The number of likely N-dealkylation sites (tertiary alicyclic amines) is 1. The number of hydrogen-bond donors (Lipinski definition) is 3. The molecule has 1 aromatic rings. The summed E-state index contributed by atoms with van der Waals surface area (Å²) >= 11 is 0. The van der Waals surface area contributed by atoms with Crippen LogP contribution in [0.4, 0.5) is 4.79 Å². The van der Waals surface area contributed by atoms with E-state index in [0.29, 0.717) is 13.0 Å². The molecule has 21 heavy (non-hydrogen) atoms. The summed E-state index contributed by atoms with van der Waals surface area (Å²) in [6, 6.07) is 6.82. The summed E-state index contributed by atoms with van der Waals surface area (Å²) in [6.07, 6.45) is 1.59. The summed E-state index contributed by atoms with van der Waals surface area (Å²) in [5, 5.41) is 14.7. The van der Waals surface area contributed by atoms with E-state index in [4.69, 9.17) is 5.11 Å². The molecule has 1 unspecified atom stereocenters. The van der Waals surface area contributed by atoms with E-state index in [0.717, 1.165) is 25.1 Å². The van der Waals surface area contributed by atoms with Crippen molar-refractivity contribution in [2.45, 2.75) is 18.9 Å². The van der Waals surface area contributed by atoms with Crippen molar-refractivity contribution in [3.63, 3.8) is 0 Å². The van der Waals surface area contributed by atoms with Crippen LogP contribution in [-0.2, 0) is 6.42 Å². The Hall–Kier alpha value is -2.08. The van der Waals surface area contributed by atoms with Crippen LogP contribution in [0.1, 0.15) is 22.3 Å². The second-order valence-electron chi connectivity index (χ2n) is 5.40. The monoisotopic (exact) mass is 291 g/mol. The van der Waals surface area contributed by atoms with Crippen LogP contribution in [0.15, 0.2) is 24.3 Å². The Bertz CT molecular complexity index is 519. The topological polar surface area (TPSA) is 81.7 Å². The maximum Gasteiger partial charge on any atom is 0.335 e. The summed E-state index contributed by atoms with van der Waals surface area (Å²) < 4.78 is 0. The van der Waals surface area contributed by atoms with E-state index < -0.39 is 5.97 Å². The van der Waals surface area contributed by atoms with Gasteiger partial charge in [0.2, 0.25) is 0 Å². The molecule has 2 rings (SSSR count). The lowest BCUT2D eigenvalue weighted by atomic mass is 10.1. The minimum atomic E-state index is -0.937. The van der Waals surface area contributed by atoms with Gasteiger partial charge in [-0.1, -0.05) is 12.1 Å². The van der Waals surface area contributed by atoms with Gasteiger partial charge in [0.05, 0.1) is 5.56 Å². The van der Waals surface area contributed by atoms with E-state index in [-0.39, 0.29) is 17.6 Å². The molecule has 1 aliphatic heterocycles. The van der Waals surface area contributed by atoms with Crippen molar-refractivity contribution < 1.29 is 14.7 Å². The van der Waals surface area contributed by atoms with Gasteiger partial charge < -0.3 is 20.6 Å². The summed E-state index contributed by atoms with van der Waals surface area (Å²) in [7, 11) is 2.04. The molecular formula is C15H21N3O3. The van der Waals surface area contributed by atoms with Crippen molar-refractivity contribution in [3.05, 3.63) is 35.4 Å². The van der Waals surface area contributed by atoms with Gasteiger partial charge in [0.1, 0.15) is 0 Å². The molecule has 3 N–H and O–H groups in total. The molecule has 2 amide bonds. The van der Waals surface area contributed by atoms with Crippen LogP contribution in [0.5, 0.6) is 0 Å². The fraction of sp³-hybridized carbons (Fsp3) is 0.467. The Balaban J connectivity index is 1.72. The first-order chi connectivity index (χ1) is 10.0. The molecular weight excluding hydrogens is 270 g/mol. The third-order valence-corrected chi connectivity index (χ3v) is 3.60. The zero-order chi connectivity index (χ0) is 15.2. The first-order valence-electron chi connectivity index (χ1n) is 7.10. The predicted molar refractivity (Wildman–Crippen MR) is 79.5 cm³/mol. The van der Waals surface area contributed by atoms with Crippen molar-refractivity contribution in [2.75, 3.05) is 26.7 Å². The first-order valence-corrected chi connectivity index (χ1v) is 7.10. The van der Waals surface area contributed by atoms with Crippen LogP contribution in [0, 0.1) is 0 Å². The third kappa shape index (κ3) is 4.75. The van der Waals surface area contributed by atoms with Gasteiger partial charge in [-0.3, -0.25) is 0 Å². The van der Waals surface area contributed by atoms with Gasteiger partial charge in [-0.15, -0.1) is 0 Å². The van der Waals surface area contributed by atoms with E-state index in [1.54, 1.807) is 18.2 Å². The minimum Gasteiger partial charge on any atom is -0.478 e. The van der Waals surface area contributed by atoms with Gasteiger partial charge in [0.25, 0.3) is 0 Å². The summed E-state index contributed by atoms with van der Waals surface area (Å²) in [4.78, 5) is 24.8. The number of hydrogen-bond acceptors (Lipinski definition) is 3. The van der Waals surface area contributed by atoms with Crippen molar-refractivity contribution in [2.24, 2.45) is 0 Å². The molecule has 0 radical (unpaired) electrons. The number of nitrogens with zero attached hydrogens (tertiary/aromatic N) is 1. The number of carbonyl (C=O) groups is 2. The molecule has 0 spiro atoms. The van der Waals surface area contributed by atoms with Crippen LogP contribution in [0.25, 0.3) is 0 Å². The van der Waals surface area contributed by atoms with E-state index in [2.05, 4.69) is 15.5 Å². The number of likely N-dealkylation sites (N-methyl/N-ethyl adjacent to an activating group) is 1. The first kappa shape index (κ1) is 15.3. The molecule has 1 atom stereocenters. The molecule has 1 aliphatic rings. The molecule has 1 heterocycles. The number of urea groups is 1. The third-order valence-electron chi connectivity index (χ3n) is 3.60. The molecule has 6 heteroatoms. The van der Waals surface area contributed by atoms with Crippen molar-refractivity contribution in [1.29, 1.82) is 0 Å². The number of carbonyl (C=O) groups excluding carboxylic acids is 1. The van der Waals surface area contributed by atoms with Crippen LogP contribution in [0.3, 0.4) is 0 Å². The quantitative estimate of drug-likeness (QED) is 0.754. The second kappa shape index (κ2) is 7.08. The lowest BCUT2D eigenvalue weighted by Crippen LogP contribution is -2.43. The highest BCUT2D eigenvalue weighted by Crippen LogP contribution is 2.06. The Kier molecular flexibility index (Phi) is 5.16. The zero-order valence-electron chi connectivity index (χ0n) is 12.1. The van der Waals surface area contributed by atoms with Crippen molar-refractivity contribution in [3.8, 4) is 0 Å². The smallest absolute Gasteiger partial charge is 0.335 e. The number of nitrogens with one attached hydrogen (secondary N) is 2. The summed E-state index contributed by atoms with van der Waals surface area (Å²) in [5.74, 6) is -0.937. The number of carboxylic acids is 1. The van der Waals surface area contributed by atoms with Gasteiger partial charge in [-0.25, -0.2) is 9.59 Å². The van der Waals surface area contributed by atoms with E-state index >= 15 is 0 Å². The molecule has 114 valence electrons. The summed E-state index contributed by atoms with van der Waals surface area (Å²) in [5.41, 5.74) is 1.17. The van der Waals surface area contributed by atoms with Crippen LogP contribution < -0.4 is 10.6 Å². The van der Waals surface area contributed by atoms with Crippen molar-refractivity contribution in [1.82, 2.24) is 15.5 Å². The minimum absolute atomic E-state index is 0.162. The number of rotatable bonds is 5. The van der Waals surface area contributed by atoms with Gasteiger partial charge in [0, 0.05) is 19.1 Å². The lowest BCUT2D eigenvalue weighted by Gasteiger charge is -2.13. The Morgan fingerprint density at radius 3 is 2.90 bits per heavy atom. The van der Waals surface area contributed by atoms with E-state index in [1.165, 1.54) is 0 Å². The highest BCUT2D eigenvalue weighted by molar-refractivity contribution is 5.87. The average Bonchev–Trinajstić information content (AvgIpc) is 2.84. The van der Waals surface area contributed by atoms with E-state index in [1.807, 2.05) is 13.1 Å². The Labute approximate surface area is 124 Å². The maximum atomic E-state index is 11.7. The fourth-order valence-electron chi connectivity index (χ4n) is 2.47. The zero-order valence-corrected chi connectivity index (χ0v) is 12.1. The highest BCUT2D eigenvalue weighted by Gasteiger charge is 2.20. The van der Waals surface area contributed by atoms with Gasteiger partial charge in [0.15, 0.2) is 0 Å². The molecule has 1 saturated heterocycles. The number of amides is 2. The standard InChI is InChI=1S/C15H21N3O3/c1-18-8-6-13(10-18)17-15(21)16-7-5-11-3-2-4-12(9-11)14(19)20/h2-4,9,13H,5-8,10H2,1H3,(H,19,20)(H2,16,17,21). The van der Waals surface area contributed by atoms with Crippen LogP contribution in [0.2, 0.25) is 0 Å². The molecule has 6 nitrogen and oxygen atoms in total. The number of carboxylic acid groups (broad SMARTS) is 1. The fourth-order valence-corrected chi connectivity index (χ4v) is 2.47. The van der Waals surface area contributed by atoms with Gasteiger partial charge in [-0.2, -0.15) is 0 Å². The lowest BCUT2D eigenvalue weighted by molar-refractivity contribution is 0.0696. The highest BCUT2D eigenvalue weighted by atomic mass is 16.4. The van der Waals surface area contributed by atoms with E-state index in [9.17, 15) is 9.59 Å². The Morgan fingerprint density at radius 1 is 1.43 bits per heavy atom. The molecule has 0 bridgehead atoms. The maximum absolute atomic E-state index is 11.7. The predicted octanol–water partition coefficient (Wildman–Crippen LogP) is 0.931. The molecule has 1 fully saturated rings. The molecule has 0 saturated carbocycles. The number of aromatic carboxylic acids is 1. The van der Waals surface area contributed by atoms with Gasteiger partial charge >= 0.3 is 12.0 Å². The van der Waals surface area contributed by atoms with Gasteiger partial charge in [-0.05, 0) is 44.1 Å². The van der Waals surface area contributed by atoms with Crippen LogP contribution >= 0.6 is 0 Å². The summed E-state index contributed by atoms with van der Waals surface area (Å²) in [6.45, 7) is 2.37. The molecule has 0 aromatic heterocycles. The second-order valence-corrected chi connectivity index (χ2v) is 5.40. The van der Waals surface area contributed by atoms with Crippen LogP contribution in [-0.4, -0.2) is 54.7 Å². The molecule has 1 aromatic carbocycles. The largest absolute Gasteiger partial charge is 0.478 e.